The van der Waals surface area contributed by atoms with Gasteiger partial charge in [-0.15, -0.1) is 0 Å². The van der Waals surface area contributed by atoms with Crippen LogP contribution in [0.5, 0.6) is 0 Å². The minimum atomic E-state index is -4.25. The van der Waals surface area contributed by atoms with E-state index in [1.165, 1.54) is 6.07 Å². The van der Waals surface area contributed by atoms with Gasteiger partial charge < -0.3 is 5.11 Å². The van der Waals surface area contributed by atoms with Crippen LogP contribution in [-0.2, 0) is 14.8 Å². The summed E-state index contributed by atoms with van der Waals surface area (Å²) in [4.78, 5) is 13.8. The highest BCUT2D eigenvalue weighted by molar-refractivity contribution is 7.89. The number of hydrogen-bond acceptors (Lipinski definition) is 4. The third-order valence-corrected chi connectivity index (χ3v) is 3.15. The van der Waals surface area contributed by atoms with Crippen LogP contribution >= 0.6 is 0 Å². The second-order valence-corrected chi connectivity index (χ2v) is 4.60. The largest absolute Gasteiger partial charge is 0.480 e. The average molecular weight is 248 g/mol. The molecule has 1 unspecified atom stereocenters. The van der Waals surface area contributed by atoms with E-state index >= 15 is 0 Å². The van der Waals surface area contributed by atoms with E-state index in [1.54, 1.807) is 4.72 Å². The first-order chi connectivity index (χ1) is 7.34. The summed E-state index contributed by atoms with van der Waals surface area (Å²) in [6.45, 7) is 1.13. The molecular weight excluding hydrogens is 239 g/mol. The molecular formula is C8H9FN2O4S. The quantitative estimate of drug-likeness (QED) is 0.780. The van der Waals surface area contributed by atoms with Gasteiger partial charge in [-0.2, -0.15) is 4.72 Å². The fourth-order valence-corrected chi connectivity index (χ4v) is 2.11. The monoisotopic (exact) mass is 248 g/mol. The van der Waals surface area contributed by atoms with Gasteiger partial charge in [0.05, 0.1) is 0 Å². The molecule has 1 aromatic heterocycles. The molecule has 6 nitrogen and oxygen atoms in total. The first-order valence-electron chi connectivity index (χ1n) is 4.20. The van der Waals surface area contributed by atoms with Crippen LogP contribution in [0.4, 0.5) is 4.39 Å². The number of hydrogen-bond donors (Lipinski definition) is 2. The molecule has 0 fully saturated rings. The molecule has 0 aliphatic carbocycles. The zero-order chi connectivity index (χ0) is 12.3. The fraction of sp³-hybridized carbons (Fsp3) is 0.250. The van der Waals surface area contributed by atoms with E-state index in [9.17, 15) is 17.6 Å². The Morgan fingerprint density at radius 1 is 1.62 bits per heavy atom. The maximum Gasteiger partial charge on any atom is 0.321 e. The Morgan fingerprint density at radius 3 is 2.75 bits per heavy atom. The van der Waals surface area contributed by atoms with Gasteiger partial charge in [-0.05, 0) is 19.1 Å². The Kier molecular flexibility index (Phi) is 3.55. The summed E-state index contributed by atoms with van der Waals surface area (Å²) < 4.78 is 37.9. The van der Waals surface area contributed by atoms with Crippen LogP contribution in [-0.4, -0.2) is 30.5 Å². The van der Waals surface area contributed by atoms with Crippen molar-refractivity contribution in [1.29, 1.82) is 0 Å². The fourth-order valence-electron chi connectivity index (χ4n) is 0.908. The van der Waals surface area contributed by atoms with Gasteiger partial charge >= 0.3 is 5.97 Å². The summed E-state index contributed by atoms with van der Waals surface area (Å²) in [6, 6.07) is 0.800. The van der Waals surface area contributed by atoms with E-state index in [-0.39, 0.29) is 0 Å². The SMILES string of the molecule is CC(NS(=O)(=O)c1ncccc1F)C(=O)O. The topological polar surface area (TPSA) is 96.4 Å². The van der Waals surface area contributed by atoms with Gasteiger partial charge in [0.15, 0.2) is 5.82 Å². The number of sulfonamides is 1. The highest BCUT2D eigenvalue weighted by Crippen LogP contribution is 2.10. The van der Waals surface area contributed by atoms with Crippen molar-refractivity contribution in [2.45, 2.75) is 18.0 Å². The molecule has 0 saturated carbocycles. The normalized spacial score (nSPS) is 13.4. The molecule has 1 aromatic rings. The van der Waals surface area contributed by atoms with Crippen molar-refractivity contribution in [1.82, 2.24) is 9.71 Å². The van der Waals surface area contributed by atoms with E-state index in [0.717, 1.165) is 19.2 Å². The summed E-state index contributed by atoms with van der Waals surface area (Å²) in [5.41, 5.74) is 0. The van der Waals surface area contributed by atoms with Crippen LogP contribution in [0, 0.1) is 5.82 Å². The van der Waals surface area contributed by atoms with E-state index in [1.807, 2.05) is 0 Å². The van der Waals surface area contributed by atoms with E-state index < -0.39 is 32.9 Å². The van der Waals surface area contributed by atoms with Gasteiger partial charge in [0.1, 0.15) is 6.04 Å². The van der Waals surface area contributed by atoms with Crippen LogP contribution in [0.1, 0.15) is 6.92 Å². The number of rotatable bonds is 4. The van der Waals surface area contributed by atoms with Crippen LogP contribution in [0.25, 0.3) is 0 Å². The van der Waals surface area contributed by atoms with Crippen molar-refractivity contribution < 1.29 is 22.7 Å². The molecule has 0 saturated heterocycles. The maximum absolute atomic E-state index is 13.1. The minimum absolute atomic E-state index is 0.817. The summed E-state index contributed by atoms with van der Waals surface area (Å²) in [6.07, 6.45) is 1.10. The zero-order valence-corrected chi connectivity index (χ0v) is 9.03. The zero-order valence-electron chi connectivity index (χ0n) is 8.21. The lowest BCUT2D eigenvalue weighted by atomic mass is 10.4. The molecule has 8 heteroatoms. The number of halogens is 1. The van der Waals surface area contributed by atoms with Crippen molar-refractivity contribution in [3.8, 4) is 0 Å². The van der Waals surface area contributed by atoms with Crippen molar-refractivity contribution in [2.75, 3.05) is 0 Å². The summed E-state index contributed by atoms with van der Waals surface area (Å²) >= 11 is 0. The summed E-state index contributed by atoms with van der Waals surface area (Å²) in [7, 11) is -4.25. The highest BCUT2D eigenvalue weighted by Gasteiger charge is 2.25. The van der Waals surface area contributed by atoms with Gasteiger partial charge in [0, 0.05) is 6.20 Å². The first kappa shape index (κ1) is 12.5. The maximum atomic E-state index is 13.1. The molecule has 0 aliphatic heterocycles. The molecule has 1 rings (SSSR count). The summed E-state index contributed by atoms with van der Waals surface area (Å²) in [5, 5.41) is 7.70. The molecule has 0 radical (unpaired) electrons. The lowest BCUT2D eigenvalue weighted by molar-refractivity contribution is -0.138. The number of pyridine rings is 1. The van der Waals surface area contributed by atoms with Crippen molar-refractivity contribution >= 4 is 16.0 Å². The number of aromatic nitrogens is 1. The van der Waals surface area contributed by atoms with Gasteiger partial charge in [-0.25, -0.2) is 17.8 Å². The molecule has 1 heterocycles. The predicted octanol–water partition coefficient (Wildman–Crippen LogP) is -0.0279. The number of carbonyl (C=O) groups is 1. The van der Waals surface area contributed by atoms with Crippen molar-refractivity contribution in [3.05, 3.63) is 24.1 Å². The molecule has 0 amide bonds. The van der Waals surface area contributed by atoms with Crippen LogP contribution in [0.2, 0.25) is 0 Å². The van der Waals surface area contributed by atoms with Crippen molar-refractivity contribution in [2.24, 2.45) is 0 Å². The highest BCUT2D eigenvalue weighted by atomic mass is 32.2. The molecule has 2 N–H and O–H groups in total. The second-order valence-electron chi connectivity index (χ2n) is 2.97. The average Bonchev–Trinajstić information content (AvgIpc) is 2.17. The van der Waals surface area contributed by atoms with Crippen LogP contribution in [0.3, 0.4) is 0 Å². The third kappa shape index (κ3) is 2.74. The molecule has 1 atom stereocenters. The smallest absolute Gasteiger partial charge is 0.321 e. The lowest BCUT2D eigenvalue weighted by Crippen LogP contribution is -2.38. The predicted molar refractivity (Wildman–Crippen MR) is 51.6 cm³/mol. The van der Waals surface area contributed by atoms with Gasteiger partial charge in [0.2, 0.25) is 5.03 Å². The lowest BCUT2D eigenvalue weighted by Gasteiger charge is -2.09. The molecule has 0 bridgehead atoms. The molecule has 16 heavy (non-hydrogen) atoms. The molecule has 0 aliphatic rings. The first-order valence-corrected chi connectivity index (χ1v) is 5.68. The summed E-state index contributed by atoms with van der Waals surface area (Å²) in [5.74, 6) is -2.40. The Hall–Kier alpha value is -1.54. The number of carboxylic acids is 1. The second kappa shape index (κ2) is 4.54. The third-order valence-electron chi connectivity index (χ3n) is 1.68. The molecule has 0 aromatic carbocycles. The van der Waals surface area contributed by atoms with E-state index in [4.69, 9.17) is 5.11 Å². The Labute approximate surface area is 91.2 Å². The van der Waals surface area contributed by atoms with Crippen LogP contribution < -0.4 is 4.72 Å². The minimum Gasteiger partial charge on any atom is -0.480 e. The number of nitrogens with zero attached hydrogens (tertiary/aromatic N) is 1. The van der Waals surface area contributed by atoms with Crippen molar-refractivity contribution in [3.63, 3.8) is 0 Å². The van der Waals surface area contributed by atoms with Gasteiger partial charge in [0.25, 0.3) is 10.0 Å². The van der Waals surface area contributed by atoms with E-state index in [0.29, 0.717) is 0 Å². The number of aliphatic carboxylic acids is 1. The number of carboxylic acid groups (broad SMARTS) is 1. The Bertz CT molecular complexity index is 503. The number of nitrogens with one attached hydrogen (secondary N) is 1. The standard InChI is InChI=1S/C8H9FN2O4S/c1-5(8(12)13)11-16(14,15)7-6(9)3-2-4-10-7/h2-5,11H,1H3,(H,12,13). The molecule has 0 spiro atoms. The van der Waals surface area contributed by atoms with Crippen LogP contribution in [0.15, 0.2) is 23.4 Å². The van der Waals surface area contributed by atoms with E-state index in [2.05, 4.69) is 4.98 Å². The molecule has 88 valence electrons. The van der Waals surface area contributed by atoms with Gasteiger partial charge in [-0.1, -0.05) is 0 Å². The Balaban J connectivity index is 3.04. The Morgan fingerprint density at radius 2 is 2.25 bits per heavy atom. The van der Waals surface area contributed by atoms with Gasteiger partial charge in [-0.3, -0.25) is 4.79 Å².